The quantitative estimate of drug-likeness (QED) is 0.874. The number of hydrogen-bond donors (Lipinski definition) is 1. The van der Waals surface area contributed by atoms with Crippen LogP contribution in [0.3, 0.4) is 0 Å². The molecule has 20 heavy (non-hydrogen) atoms. The van der Waals surface area contributed by atoms with E-state index in [4.69, 9.17) is 11.6 Å². The summed E-state index contributed by atoms with van der Waals surface area (Å²) in [4.78, 5) is 23.7. The zero-order valence-corrected chi connectivity index (χ0v) is 12.5. The molecule has 0 aliphatic heterocycles. The van der Waals surface area contributed by atoms with E-state index in [0.29, 0.717) is 21.5 Å². The van der Waals surface area contributed by atoms with Gasteiger partial charge in [0, 0.05) is 11.4 Å². The fourth-order valence-corrected chi connectivity index (χ4v) is 2.86. The summed E-state index contributed by atoms with van der Waals surface area (Å²) in [5.74, 6) is -0.486. The van der Waals surface area contributed by atoms with Crippen molar-refractivity contribution in [2.45, 2.75) is 24.6 Å². The van der Waals surface area contributed by atoms with Crippen molar-refractivity contribution < 1.29 is 9.90 Å². The number of thioether (sulfide) groups is 1. The molecule has 7 heteroatoms. The van der Waals surface area contributed by atoms with E-state index in [-0.39, 0.29) is 5.56 Å². The highest BCUT2D eigenvalue weighted by molar-refractivity contribution is 7.98. The molecule has 5 nitrogen and oxygen atoms in total. The summed E-state index contributed by atoms with van der Waals surface area (Å²) in [5.41, 5.74) is 2.45. The van der Waals surface area contributed by atoms with Crippen molar-refractivity contribution in [3.63, 3.8) is 0 Å². The topological polar surface area (TPSA) is 76.0 Å². The van der Waals surface area contributed by atoms with Crippen molar-refractivity contribution >= 4 is 29.3 Å². The Hall–Kier alpha value is -1.66. The second-order valence-corrected chi connectivity index (χ2v) is 5.54. The molecule has 0 spiro atoms. The van der Waals surface area contributed by atoms with E-state index in [2.05, 4.69) is 15.0 Å². The van der Waals surface area contributed by atoms with E-state index in [1.807, 2.05) is 6.92 Å². The molecule has 0 aliphatic carbocycles. The van der Waals surface area contributed by atoms with Gasteiger partial charge < -0.3 is 5.11 Å². The SMILES string of the molecule is Cc1cc(C)c(C(=O)O)c(SCc2cnc(Cl)cn2)n1. The largest absolute Gasteiger partial charge is 0.478 e. The Morgan fingerprint density at radius 1 is 1.35 bits per heavy atom. The number of carboxylic acids is 1. The highest BCUT2D eigenvalue weighted by atomic mass is 35.5. The number of carbonyl (C=O) groups is 1. The molecule has 2 aromatic rings. The van der Waals surface area contributed by atoms with Gasteiger partial charge in [-0.1, -0.05) is 23.4 Å². The van der Waals surface area contributed by atoms with Gasteiger partial charge in [0.15, 0.2) is 0 Å². The Kier molecular flexibility index (Phi) is 4.57. The molecule has 0 saturated heterocycles. The maximum atomic E-state index is 11.3. The molecule has 0 bridgehead atoms. The van der Waals surface area contributed by atoms with Crippen LogP contribution in [0.15, 0.2) is 23.5 Å². The normalized spacial score (nSPS) is 10.6. The van der Waals surface area contributed by atoms with Crippen molar-refractivity contribution in [3.05, 3.63) is 46.1 Å². The average molecular weight is 310 g/mol. The first-order valence-electron chi connectivity index (χ1n) is 5.78. The Balaban J connectivity index is 2.24. The van der Waals surface area contributed by atoms with Crippen molar-refractivity contribution in [3.8, 4) is 0 Å². The maximum absolute atomic E-state index is 11.3. The minimum atomic E-state index is -0.973. The number of nitrogens with zero attached hydrogens (tertiary/aromatic N) is 3. The number of aryl methyl sites for hydroxylation is 2. The van der Waals surface area contributed by atoms with Crippen molar-refractivity contribution in [2.75, 3.05) is 0 Å². The Morgan fingerprint density at radius 2 is 2.10 bits per heavy atom. The number of halogens is 1. The summed E-state index contributed by atoms with van der Waals surface area (Å²) in [6, 6.07) is 1.76. The molecule has 0 aliphatic rings. The number of carboxylic acid groups (broad SMARTS) is 1. The van der Waals surface area contributed by atoms with Crippen LogP contribution in [-0.2, 0) is 5.75 Å². The average Bonchev–Trinajstić information content (AvgIpc) is 2.36. The van der Waals surface area contributed by atoms with E-state index >= 15 is 0 Å². The first-order valence-corrected chi connectivity index (χ1v) is 7.14. The molecule has 0 aromatic carbocycles. The van der Waals surface area contributed by atoms with Crippen LogP contribution in [0, 0.1) is 13.8 Å². The van der Waals surface area contributed by atoms with Crippen LogP contribution < -0.4 is 0 Å². The zero-order valence-electron chi connectivity index (χ0n) is 10.9. The standard InChI is InChI=1S/C13H12ClN3O2S/c1-7-3-8(2)17-12(11(7)13(18)19)20-6-9-4-16-10(14)5-15-9/h3-5H,6H2,1-2H3,(H,18,19). The lowest BCUT2D eigenvalue weighted by Gasteiger charge is -2.09. The highest BCUT2D eigenvalue weighted by Gasteiger charge is 2.16. The van der Waals surface area contributed by atoms with Gasteiger partial charge in [0.25, 0.3) is 0 Å². The zero-order chi connectivity index (χ0) is 14.7. The number of rotatable bonds is 4. The molecule has 2 aromatic heterocycles. The molecule has 0 unspecified atom stereocenters. The van der Waals surface area contributed by atoms with Crippen molar-refractivity contribution in [1.29, 1.82) is 0 Å². The van der Waals surface area contributed by atoms with Gasteiger partial charge in [-0.3, -0.25) is 4.98 Å². The van der Waals surface area contributed by atoms with Crippen LogP contribution in [0.2, 0.25) is 5.15 Å². The van der Waals surface area contributed by atoms with Crippen LogP contribution in [0.25, 0.3) is 0 Å². The van der Waals surface area contributed by atoms with Crippen LogP contribution >= 0.6 is 23.4 Å². The maximum Gasteiger partial charge on any atom is 0.338 e. The van der Waals surface area contributed by atoms with E-state index < -0.39 is 5.97 Å². The monoisotopic (exact) mass is 309 g/mol. The summed E-state index contributed by atoms with van der Waals surface area (Å²) >= 11 is 6.99. The molecule has 0 atom stereocenters. The minimum Gasteiger partial charge on any atom is -0.478 e. The minimum absolute atomic E-state index is 0.238. The predicted molar refractivity (Wildman–Crippen MR) is 77.3 cm³/mol. The van der Waals surface area contributed by atoms with Gasteiger partial charge in [-0.05, 0) is 25.5 Å². The van der Waals surface area contributed by atoms with Gasteiger partial charge >= 0.3 is 5.97 Å². The summed E-state index contributed by atoms with van der Waals surface area (Å²) in [7, 11) is 0. The van der Waals surface area contributed by atoms with E-state index in [1.165, 1.54) is 18.0 Å². The number of hydrogen-bond acceptors (Lipinski definition) is 5. The number of aromatic nitrogens is 3. The lowest BCUT2D eigenvalue weighted by atomic mass is 10.1. The van der Waals surface area contributed by atoms with Gasteiger partial charge in [0.1, 0.15) is 10.2 Å². The van der Waals surface area contributed by atoms with E-state index in [9.17, 15) is 9.90 Å². The third-order valence-corrected chi connectivity index (χ3v) is 3.76. The fraction of sp³-hybridized carbons (Fsp3) is 0.231. The van der Waals surface area contributed by atoms with Crippen LogP contribution in [-0.4, -0.2) is 26.0 Å². The number of aromatic carboxylic acids is 1. The third kappa shape index (κ3) is 3.46. The van der Waals surface area contributed by atoms with Gasteiger partial charge in [0.2, 0.25) is 0 Å². The van der Waals surface area contributed by atoms with Crippen molar-refractivity contribution in [2.24, 2.45) is 0 Å². The third-order valence-electron chi connectivity index (χ3n) is 2.56. The molecule has 1 N–H and O–H groups in total. The Morgan fingerprint density at radius 3 is 2.70 bits per heavy atom. The van der Waals surface area contributed by atoms with Crippen LogP contribution in [0.1, 0.15) is 27.3 Å². The summed E-state index contributed by atoms with van der Waals surface area (Å²) in [5, 5.41) is 10.1. The van der Waals surface area contributed by atoms with E-state index in [1.54, 1.807) is 19.2 Å². The van der Waals surface area contributed by atoms with Gasteiger partial charge in [-0.25, -0.2) is 14.8 Å². The molecule has 104 valence electrons. The fourth-order valence-electron chi connectivity index (χ4n) is 1.72. The molecular weight excluding hydrogens is 298 g/mol. The molecule has 0 radical (unpaired) electrons. The molecule has 0 amide bonds. The highest BCUT2D eigenvalue weighted by Crippen LogP contribution is 2.26. The summed E-state index contributed by atoms with van der Waals surface area (Å²) in [6.45, 7) is 3.61. The molecule has 0 saturated carbocycles. The molecule has 2 rings (SSSR count). The predicted octanol–water partition coefficient (Wildman–Crippen LogP) is 3.13. The second-order valence-electron chi connectivity index (χ2n) is 4.18. The van der Waals surface area contributed by atoms with Gasteiger partial charge in [-0.15, -0.1) is 0 Å². The van der Waals surface area contributed by atoms with Gasteiger partial charge in [-0.2, -0.15) is 0 Å². The molecule has 0 fully saturated rings. The van der Waals surface area contributed by atoms with Gasteiger partial charge in [0.05, 0.1) is 23.7 Å². The Bertz CT molecular complexity index is 647. The second kappa shape index (κ2) is 6.19. The number of pyridine rings is 1. The smallest absolute Gasteiger partial charge is 0.338 e. The first kappa shape index (κ1) is 14.7. The van der Waals surface area contributed by atoms with Crippen LogP contribution in [0.4, 0.5) is 0 Å². The lowest BCUT2D eigenvalue weighted by molar-refractivity contribution is 0.0691. The van der Waals surface area contributed by atoms with E-state index in [0.717, 1.165) is 11.4 Å². The summed E-state index contributed by atoms with van der Waals surface area (Å²) < 4.78 is 0. The molecule has 2 heterocycles. The Labute approximate surface area is 125 Å². The first-order chi connectivity index (χ1) is 9.47. The van der Waals surface area contributed by atoms with Crippen molar-refractivity contribution in [1.82, 2.24) is 15.0 Å². The molecular formula is C13H12ClN3O2S. The lowest BCUT2D eigenvalue weighted by Crippen LogP contribution is -2.05. The summed E-state index contributed by atoms with van der Waals surface area (Å²) in [6.07, 6.45) is 3.03. The van der Waals surface area contributed by atoms with Crippen LogP contribution in [0.5, 0.6) is 0 Å².